The van der Waals surface area contributed by atoms with Gasteiger partial charge in [0.1, 0.15) is 18.0 Å². The van der Waals surface area contributed by atoms with Crippen molar-refractivity contribution >= 4 is 11.9 Å². The maximum Gasteiger partial charge on any atom is 0.338 e. The first-order valence-corrected chi connectivity index (χ1v) is 10.1. The first-order chi connectivity index (χ1) is 13.8. The highest BCUT2D eigenvalue weighted by Gasteiger charge is 2.32. The predicted octanol–water partition coefficient (Wildman–Crippen LogP) is 3.03. The summed E-state index contributed by atoms with van der Waals surface area (Å²) in [6, 6.07) is 7.49. The molecule has 1 amide bonds. The van der Waals surface area contributed by atoms with Crippen LogP contribution in [-0.4, -0.2) is 51.2 Å². The molecule has 7 nitrogen and oxygen atoms in total. The molecule has 7 heteroatoms. The number of benzene rings is 1. The van der Waals surface area contributed by atoms with E-state index in [0.717, 1.165) is 29.9 Å². The van der Waals surface area contributed by atoms with Crippen molar-refractivity contribution in [2.24, 2.45) is 0 Å². The highest BCUT2D eigenvalue weighted by atomic mass is 16.6. The first kappa shape index (κ1) is 19.6. The molecule has 0 atom stereocenters. The minimum atomic E-state index is -0.531. The van der Waals surface area contributed by atoms with Gasteiger partial charge in [0.25, 0.3) is 0 Å². The number of esters is 1. The molecule has 0 unspecified atom stereocenters. The average molecular weight is 397 g/mol. The summed E-state index contributed by atoms with van der Waals surface area (Å²) < 4.78 is 12.8. The Balaban J connectivity index is 1.52. The quantitative estimate of drug-likeness (QED) is 0.745. The zero-order chi connectivity index (χ0) is 20.6. The van der Waals surface area contributed by atoms with Crippen LogP contribution in [0.5, 0.6) is 0 Å². The molecule has 0 spiro atoms. The fourth-order valence-electron chi connectivity index (χ4n) is 3.86. The highest BCUT2D eigenvalue weighted by Crippen LogP contribution is 2.27. The SMILES string of the molecule is CC(C)(C)OC(=O)c1ccc(-c2cnc3n2CC(=O)N(C2CCOCC2)C3)cc1. The van der Waals surface area contributed by atoms with E-state index in [0.29, 0.717) is 25.3 Å². The molecular weight excluding hydrogens is 370 g/mol. The van der Waals surface area contributed by atoms with Gasteiger partial charge in [-0.05, 0) is 51.3 Å². The van der Waals surface area contributed by atoms with Gasteiger partial charge in [-0.2, -0.15) is 0 Å². The van der Waals surface area contributed by atoms with Crippen LogP contribution in [0.2, 0.25) is 0 Å². The van der Waals surface area contributed by atoms with Gasteiger partial charge < -0.3 is 18.9 Å². The third kappa shape index (κ3) is 4.19. The summed E-state index contributed by atoms with van der Waals surface area (Å²) in [7, 11) is 0. The number of nitrogens with zero attached hydrogens (tertiary/aromatic N) is 3. The molecule has 154 valence electrons. The van der Waals surface area contributed by atoms with E-state index < -0.39 is 5.60 Å². The lowest BCUT2D eigenvalue weighted by Gasteiger charge is -2.37. The van der Waals surface area contributed by atoms with Crippen molar-refractivity contribution in [2.75, 3.05) is 13.2 Å². The molecular formula is C22H27N3O4. The summed E-state index contributed by atoms with van der Waals surface area (Å²) in [5.41, 5.74) is 1.78. The molecule has 2 aliphatic heterocycles. The van der Waals surface area contributed by atoms with Gasteiger partial charge in [0, 0.05) is 19.3 Å². The van der Waals surface area contributed by atoms with Gasteiger partial charge in [-0.25, -0.2) is 9.78 Å². The highest BCUT2D eigenvalue weighted by molar-refractivity contribution is 5.90. The van der Waals surface area contributed by atoms with E-state index >= 15 is 0 Å². The van der Waals surface area contributed by atoms with Gasteiger partial charge in [-0.3, -0.25) is 4.79 Å². The van der Waals surface area contributed by atoms with Crippen LogP contribution in [0, 0.1) is 0 Å². The van der Waals surface area contributed by atoms with Crippen molar-refractivity contribution in [3.63, 3.8) is 0 Å². The summed E-state index contributed by atoms with van der Waals surface area (Å²) in [6.45, 7) is 7.76. The normalized spacial score (nSPS) is 17.9. The van der Waals surface area contributed by atoms with Gasteiger partial charge in [0.05, 0.1) is 24.0 Å². The molecule has 1 fully saturated rings. The second-order valence-electron chi connectivity index (χ2n) is 8.59. The molecule has 2 aromatic rings. The molecule has 0 radical (unpaired) electrons. The fraction of sp³-hybridized carbons (Fsp3) is 0.500. The van der Waals surface area contributed by atoms with Crippen LogP contribution in [0.1, 0.15) is 49.8 Å². The summed E-state index contributed by atoms with van der Waals surface area (Å²) in [4.78, 5) is 31.5. The minimum Gasteiger partial charge on any atom is -0.456 e. The van der Waals surface area contributed by atoms with E-state index in [1.54, 1.807) is 18.3 Å². The number of carbonyl (C=O) groups is 2. The Morgan fingerprint density at radius 2 is 1.83 bits per heavy atom. The zero-order valence-corrected chi connectivity index (χ0v) is 17.2. The van der Waals surface area contributed by atoms with E-state index in [1.165, 1.54) is 0 Å². The number of carbonyl (C=O) groups excluding carboxylic acids is 2. The molecule has 3 heterocycles. The van der Waals surface area contributed by atoms with Crippen LogP contribution in [-0.2, 0) is 27.4 Å². The van der Waals surface area contributed by atoms with Crippen LogP contribution in [0.3, 0.4) is 0 Å². The van der Waals surface area contributed by atoms with Gasteiger partial charge >= 0.3 is 5.97 Å². The summed E-state index contributed by atoms with van der Waals surface area (Å²) in [6.07, 6.45) is 3.56. The summed E-state index contributed by atoms with van der Waals surface area (Å²) in [5.74, 6) is 0.665. The number of aromatic nitrogens is 2. The molecule has 1 aromatic carbocycles. The largest absolute Gasteiger partial charge is 0.456 e. The lowest BCUT2D eigenvalue weighted by atomic mass is 10.1. The topological polar surface area (TPSA) is 73.7 Å². The Morgan fingerprint density at radius 3 is 2.48 bits per heavy atom. The Kier molecular flexibility index (Phi) is 5.17. The first-order valence-electron chi connectivity index (χ1n) is 10.1. The molecule has 0 saturated carbocycles. The van der Waals surface area contributed by atoms with E-state index in [4.69, 9.17) is 9.47 Å². The number of hydrogen-bond donors (Lipinski definition) is 0. The summed E-state index contributed by atoms with van der Waals surface area (Å²) >= 11 is 0. The van der Waals surface area contributed by atoms with Crippen LogP contribution in [0.4, 0.5) is 0 Å². The average Bonchev–Trinajstić information content (AvgIpc) is 3.09. The van der Waals surface area contributed by atoms with Crippen molar-refractivity contribution in [1.29, 1.82) is 0 Å². The molecule has 1 saturated heterocycles. The predicted molar refractivity (Wildman–Crippen MR) is 107 cm³/mol. The molecule has 1 aromatic heterocycles. The molecule has 0 aliphatic carbocycles. The van der Waals surface area contributed by atoms with Crippen molar-refractivity contribution in [2.45, 2.75) is 58.3 Å². The molecule has 2 aliphatic rings. The number of amides is 1. The third-order valence-corrected chi connectivity index (χ3v) is 5.31. The molecule has 0 bridgehead atoms. The Morgan fingerprint density at radius 1 is 1.14 bits per heavy atom. The number of fused-ring (bicyclic) bond motifs is 1. The van der Waals surface area contributed by atoms with Crippen molar-refractivity contribution in [3.05, 3.63) is 41.9 Å². The number of hydrogen-bond acceptors (Lipinski definition) is 5. The van der Waals surface area contributed by atoms with E-state index in [-0.39, 0.29) is 24.5 Å². The summed E-state index contributed by atoms with van der Waals surface area (Å²) in [5, 5.41) is 0. The third-order valence-electron chi connectivity index (χ3n) is 5.31. The lowest BCUT2D eigenvalue weighted by molar-refractivity contribution is -0.138. The number of imidazole rings is 1. The lowest BCUT2D eigenvalue weighted by Crippen LogP contribution is -2.47. The van der Waals surface area contributed by atoms with Crippen LogP contribution in [0.15, 0.2) is 30.5 Å². The Hall–Kier alpha value is -2.67. The van der Waals surface area contributed by atoms with Crippen LogP contribution in [0.25, 0.3) is 11.3 Å². The van der Waals surface area contributed by atoms with Gasteiger partial charge in [-0.15, -0.1) is 0 Å². The van der Waals surface area contributed by atoms with Crippen molar-refractivity contribution in [3.8, 4) is 11.3 Å². The fourth-order valence-corrected chi connectivity index (χ4v) is 3.86. The van der Waals surface area contributed by atoms with Gasteiger partial charge in [0.2, 0.25) is 5.91 Å². The molecule has 4 rings (SSSR count). The van der Waals surface area contributed by atoms with Crippen molar-refractivity contribution in [1.82, 2.24) is 14.5 Å². The van der Waals surface area contributed by atoms with E-state index in [9.17, 15) is 9.59 Å². The molecule has 0 N–H and O–H groups in total. The second-order valence-corrected chi connectivity index (χ2v) is 8.59. The zero-order valence-electron chi connectivity index (χ0n) is 17.2. The van der Waals surface area contributed by atoms with Crippen LogP contribution >= 0.6 is 0 Å². The van der Waals surface area contributed by atoms with E-state index in [2.05, 4.69) is 4.98 Å². The molecule has 29 heavy (non-hydrogen) atoms. The monoisotopic (exact) mass is 397 g/mol. The Labute approximate surface area is 170 Å². The smallest absolute Gasteiger partial charge is 0.338 e. The maximum atomic E-state index is 12.8. The standard InChI is InChI=1S/C22H27N3O4/c1-22(2,3)29-21(27)16-6-4-15(5-7-16)18-12-23-19-13-24(20(26)14-25(18)19)17-8-10-28-11-9-17/h4-7,12,17H,8-11,13-14H2,1-3H3. The van der Waals surface area contributed by atoms with Crippen LogP contribution < -0.4 is 0 Å². The second kappa shape index (κ2) is 7.63. The van der Waals surface area contributed by atoms with E-state index in [1.807, 2.05) is 42.4 Å². The van der Waals surface area contributed by atoms with Crippen molar-refractivity contribution < 1.29 is 19.1 Å². The van der Waals surface area contributed by atoms with Gasteiger partial charge in [-0.1, -0.05) is 12.1 Å². The number of ether oxygens (including phenoxy) is 2. The Bertz CT molecular complexity index is 905. The minimum absolute atomic E-state index is 0.119. The van der Waals surface area contributed by atoms with Gasteiger partial charge in [0.15, 0.2) is 0 Å². The number of rotatable bonds is 3. The maximum absolute atomic E-state index is 12.8.